The molecule has 4 N–H and O–H groups in total. The third-order valence-electron chi connectivity index (χ3n) is 5.38. The smallest absolute Gasteiger partial charge is 0.336 e. The average Bonchev–Trinajstić information content (AvgIpc) is 3.39. The molecule has 4 aromatic rings. The topological polar surface area (TPSA) is 149 Å². The molecule has 0 saturated carbocycles. The van der Waals surface area contributed by atoms with Crippen LogP contribution in [0.1, 0.15) is 33.2 Å². The van der Waals surface area contributed by atoms with Crippen molar-refractivity contribution < 1.29 is 33.0 Å². The molecule has 0 fully saturated rings. The van der Waals surface area contributed by atoms with Crippen LogP contribution in [0.25, 0.3) is 16.8 Å². The molecule has 0 saturated heterocycles. The summed E-state index contributed by atoms with van der Waals surface area (Å²) in [6, 6.07) is 19.8. The van der Waals surface area contributed by atoms with Crippen LogP contribution in [0.3, 0.4) is 0 Å². The molecular formula is C27H26N2O7S. The first-order valence-corrected chi connectivity index (χ1v) is 12.7. The van der Waals surface area contributed by atoms with Crippen molar-refractivity contribution >= 4 is 22.0 Å². The summed E-state index contributed by atoms with van der Waals surface area (Å²) in [6.07, 6.45) is 3.76. The van der Waals surface area contributed by atoms with Gasteiger partial charge in [0.15, 0.2) is 0 Å². The molecule has 0 atom stereocenters. The Balaban J connectivity index is 0.000000220. The molecule has 192 valence electrons. The summed E-state index contributed by atoms with van der Waals surface area (Å²) in [7, 11) is -3.60. The Morgan fingerprint density at radius 3 is 1.97 bits per heavy atom. The number of nitrogens with zero attached hydrogens (tertiary/aromatic N) is 1. The molecule has 10 heteroatoms. The molecule has 37 heavy (non-hydrogen) atoms. The molecule has 0 aliphatic heterocycles. The zero-order valence-electron chi connectivity index (χ0n) is 20.2. The fourth-order valence-electron chi connectivity index (χ4n) is 3.66. The number of nitrogens with two attached hydrogens (primary N) is 1. The quantitative estimate of drug-likeness (QED) is 0.322. The molecule has 0 aliphatic carbocycles. The summed E-state index contributed by atoms with van der Waals surface area (Å²) in [4.78, 5) is 23.1. The van der Waals surface area contributed by atoms with Crippen LogP contribution >= 0.6 is 0 Å². The Hall–Kier alpha value is -4.41. The van der Waals surface area contributed by atoms with E-state index in [4.69, 9.17) is 9.88 Å². The van der Waals surface area contributed by atoms with Crippen LogP contribution in [0.4, 0.5) is 0 Å². The lowest BCUT2D eigenvalue weighted by molar-refractivity contribution is 0.0695. The summed E-state index contributed by atoms with van der Waals surface area (Å²) < 4.78 is 29.2. The number of benzene rings is 3. The van der Waals surface area contributed by atoms with Gasteiger partial charge in [0, 0.05) is 23.6 Å². The molecule has 1 heterocycles. The molecule has 3 aromatic carbocycles. The second-order valence-electron chi connectivity index (χ2n) is 7.88. The number of sulfonamides is 1. The number of primary sulfonamides is 1. The van der Waals surface area contributed by atoms with Crippen molar-refractivity contribution in [2.45, 2.75) is 18.7 Å². The number of ether oxygens (including phenoxy) is 1. The van der Waals surface area contributed by atoms with Gasteiger partial charge in [-0.05, 0) is 79.6 Å². The molecular weight excluding hydrogens is 496 g/mol. The molecule has 0 bridgehead atoms. The largest absolute Gasteiger partial charge is 0.494 e. The van der Waals surface area contributed by atoms with Crippen molar-refractivity contribution in [2.24, 2.45) is 5.14 Å². The first kappa shape index (κ1) is 27.2. The van der Waals surface area contributed by atoms with Gasteiger partial charge in [-0.1, -0.05) is 18.2 Å². The van der Waals surface area contributed by atoms with E-state index in [1.165, 1.54) is 24.3 Å². The van der Waals surface area contributed by atoms with Gasteiger partial charge in [-0.3, -0.25) is 0 Å². The third kappa shape index (κ3) is 6.63. The van der Waals surface area contributed by atoms with E-state index in [1.54, 1.807) is 43.3 Å². The van der Waals surface area contributed by atoms with Crippen molar-refractivity contribution in [3.05, 3.63) is 102 Å². The highest BCUT2D eigenvalue weighted by Crippen LogP contribution is 2.31. The van der Waals surface area contributed by atoms with Crippen LogP contribution in [0.2, 0.25) is 0 Å². The maximum atomic E-state index is 11.5. The molecule has 0 unspecified atom stereocenters. The van der Waals surface area contributed by atoms with Crippen molar-refractivity contribution in [3.8, 4) is 22.6 Å². The van der Waals surface area contributed by atoms with Gasteiger partial charge in [-0.25, -0.2) is 23.1 Å². The molecule has 1 aromatic heterocycles. The monoisotopic (exact) mass is 522 g/mol. The summed E-state index contributed by atoms with van der Waals surface area (Å²) >= 11 is 0. The summed E-state index contributed by atoms with van der Waals surface area (Å²) in [5.41, 5.74) is 2.12. The lowest BCUT2D eigenvalue weighted by Gasteiger charge is -2.13. The second-order valence-corrected chi connectivity index (χ2v) is 9.44. The summed E-state index contributed by atoms with van der Waals surface area (Å²) in [5, 5.41) is 23.8. The number of hydrogen-bond donors (Lipinski definition) is 3. The standard InChI is InChI=1S/C17H16O5.C10H10N2O2S/c1-3-22-12-7-5-11(6-8-12)15-13(16(18)19)9-4-10(2)14(15)17(20)21;11-15(13,14)10-5-3-9(4-6-10)12-7-1-2-8-12/h4-9H,3H2,1-2H3,(H,18,19)(H,20,21);1-8H,(H2,11,13,14). The molecule has 4 rings (SSSR count). The lowest BCUT2D eigenvalue weighted by Crippen LogP contribution is -2.11. The number of aromatic carboxylic acids is 2. The van der Waals surface area contributed by atoms with Crippen LogP contribution < -0.4 is 9.88 Å². The van der Waals surface area contributed by atoms with Crippen LogP contribution in [0, 0.1) is 6.92 Å². The van der Waals surface area contributed by atoms with Gasteiger partial charge in [0.1, 0.15) is 5.75 Å². The van der Waals surface area contributed by atoms with E-state index < -0.39 is 22.0 Å². The summed E-state index contributed by atoms with van der Waals surface area (Å²) in [5.74, 6) is -1.66. The van der Waals surface area contributed by atoms with Gasteiger partial charge >= 0.3 is 11.9 Å². The Bertz CT molecular complexity index is 1490. The molecule has 9 nitrogen and oxygen atoms in total. The second kappa shape index (κ2) is 11.5. The first-order valence-electron chi connectivity index (χ1n) is 11.1. The number of hydrogen-bond acceptors (Lipinski definition) is 5. The Kier molecular flexibility index (Phi) is 8.49. The fraction of sp³-hybridized carbons (Fsp3) is 0.111. The van der Waals surface area contributed by atoms with E-state index in [1.807, 2.05) is 36.0 Å². The lowest BCUT2D eigenvalue weighted by atomic mass is 9.91. The van der Waals surface area contributed by atoms with Crippen LogP contribution in [0.5, 0.6) is 5.75 Å². The van der Waals surface area contributed by atoms with E-state index in [0.717, 1.165) is 5.69 Å². The number of carbonyl (C=O) groups is 2. The van der Waals surface area contributed by atoms with Crippen molar-refractivity contribution in [3.63, 3.8) is 0 Å². The molecule has 0 radical (unpaired) electrons. The van der Waals surface area contributed by atoms with Gasteiger partial charge in [0.2, 0.25) is 10.0 Å². The minimum atomic E-state index is -3.60. The predicted molar refractivity (Wildman–Crippen MR) is 139 cm³/mol. The summed E-state index contributed by atoms with van der Waals surface area (Å²) in [6.45, 7) is 4.03. The molecule has 0 amide bonds. The van der Waals surface area contributed by atoms with E-state index in [2.05, 4.69) is 0 Å². The minimum absolute atomic E-state index is 0.00376. The highest BCUT2D eigenvalue weighted by atomic mass is 32.2. The highest BCUT2D eigenvalue weighted by molar-refractivity contribution is 7.89. The van der Waals surface area contributed by atoms with Crippen LogP contribution in [-0.2, 0) is 10.0 Å². The van der Waals surface area contributed by atoms with E-state index in [9.17, 15) is 28.2 Å². The van der Waals surface area contributed by atoms with Crippen molar-refractivity contribution in [1.29, 1.82) is 0 Å². The fourth-order valence-corrected chi connectivity index (χ4v) is 4.18. The van der Waals surface area contributed by atoms with Gasteiger partial charge < -0.3 is 19.5 Å². The Morgan fingerprint density at radius 1 is 0.892 bits per heavy atom. The zero-order valence-corrected chi connectivity index (χ0v) is 21.0. The molecule has 0 aliphatic rings. The number of carboxylic acid groups (broad SMARTS) is 2. The number of aryl methyl sites for hydroxylation is 1. The third-order valence-corrected chi connectivity index (χ3v) is 6.31. The van der Waals surface area contributed by atoms with Crippen LogP contribution in [-0.4, -0.2) is 41.7 Å². The SMILES string of the molecule is CCOc1ccc(-c2c(C(=O)O)ccc(C)c2C(=O)O)cc1.NS(=O)(=O)c1ccc(-n2cccc2)cc1. The van der Waals surface area contributed by atoms with Gasteiger partial charge in [-0.2, -0.15) is 0 Å². The van der Waals surface area contributed by atoms with Crippen molar-refractivity contribution in [2.75, 3.05) is 6.61 Å². The van der Waals surface area contributed by atoms with E-state index in [0.29, 0.717) is 23.5 Å². The Labute approximate surface area is 214 Å². The number of aromatic nitrogens is 1. The maximum absolute atomic E-state index is 11.5. The van der Waals surface area contributed by atoms with E-state index >= 15 is 0 Å². The van der Waals surface area contributed by atoms with Gasteiger partial charge in [-0.15, -0.1) is 0 Å². The zero-order chi connectivity index (χ0) is 27.2. The van der Waals surface area contributed by atoms with E-state index in [-0.39, 0.29) is 21.6 Å². The first-order chi connectivity index (χ1) is 17.5. The average molecular weight is 523 g/mol. The van der Waals surface area contributed by atoms with Crippen molar-refractivity contribution in [1.82, 2.24) is 4.57 Å². The highest BCUT2D eigenvalue weighted by Gasteiger charge is 2.22. The van der Waals surface area contributed by atoms with Gasteiger partial charge in [0.25, 0.3) is 0 Å². The predicted octanol–water partition coefficient (Wildman–Crippen LogP) is 4.58. The number of carboxylic acids is 2. The number of rotatable bonds is 7. The minimum Gasteiger partial charge on any atom is -0.494 e. The normalized spacial score (nSPS) is 10.8. The maximum Gasteiger partial charge on any atom is 0.336 e. The van der Waals surface area contributed by atoms with Crippen LogP contribution in [0.15, 0.2) is 90.1 Å². The Morgan fingerprint density at radius 2 is 1.49 bits per heavy atom. The molecule has 0 spiro atoms. The van der Waals surface area contributed by atoms with Gasteiger partial charge in [0.05, 0.1) is 22.6 Å².